The first-order valence-corrected chi connectivity index (χ1v) is 6.11. The summed E-state index contributed by atoms with van der Waals surface area (Å²) < 4.78 is 13.9. The molecule has 0 radical (unpaired) electrons. The second-order valence-corrected chi connectivity index (χ2v) is 4.14. The van der Waals surface area contributed by atoms with E-state index in [1.807, 2.05) is 0 Å². The number of halogens is 2. The molecule has 8 heteroatoms. The molecule has 0 aliphatic carbocycles. The molecule has 6 nitrogen and oxygen atoms in total. The molecule has 20 heavy (non-hydrogen) atoms. The van der Waals surface area contributed by atoms with Gasteiger partial charge in [0.1, 0.15) is 12.0 Å². The SMILES string of the molecule is CCN(c1ccccc1F)c1nc(Cl)ncc1[N+](=O)[O-]. The van der Waals surface area contributed by atoms with Gasteiger partial charge in [-0.25, -0.2) is 9.37 Å². The molecule has 0 N–H and O–H groups in total. The summed E-state index contributed by atoms with van der Waals surface area (Å²) >= 11 is 5.68. The van der Waals surface area contributed by atoms with Gasteiger partial charge in [-0.05, 0) is 30.7 Å². The Labute approximate surface area is 119 Å². The number of hydrogen-bond donors (Lipinski definition) is 0. The van der Waals surface area contributed by atoms with E-state index >= 15 is 0 Å². The Bertz CT molecular complexity index is 653. The molecular weight excluding hydrogens is 287 g/mol. The van der Waals surface area contributed by atoms with Crippen LogP contribution in [0.1, 0.15) is 6.92 Å². The maximum Gasteiger partial charge on any atom is 0.330 e. The highest BCUT2D eigenvalue weighted by molar-refractivity contribution is 6.28. The van der Waals surface area contributed by atoms with Gasteiger partial charge in [0, 0.05) is 6.54 Å². The summed E-state index contributed by atoms with van der Waals surface area (Å²) in [5, 5.41) is 10.9. The van der Waals surface area contributed by atoms with Crippen molar-refractivity contribution in [2.24, 2.45) is 0 Å². The molecule has 0 atom stereocenters. The maximum atomic E-state index is 13.9. The van der Waals surface area contributed by atoms with Crippen LogP contribution in [0, 0.1) is 15.9 Å². The predicted molar refractivity (Wildman–Crippen MR) is 72.8 cm³/mol. The first-order valence-electron chi connectivity index (χ1n) is 5.73. The van der Waals surface area contributed by atoms with Crippen molar-refractivity contribution in [3.05, 3.63) is 51.7 Å². The fraction of sp³-hybridized carbons (Fsp3) is 0.167. The quantitative estimate of drug-likeness (QED) is 0.491. The topological polar surface area (TPSA) is 72.2 Å². The van der Waals surface area contributed by atoms with Crippen LogP contribution in [-0.4, -0.2) is 21.4 Å². The molecule has 0 saturated heterocycles. The van der Waals surface area contributed by atoms with Gasteiger partial charge in [0.25, 0.3) is 0 Å². The summed E-state index contributed by atoms with van der Waals surface area (Å²) in [5.74, 6) is -0.541. The van der Waals surface area contributed by atoms with E-state index < -0.39 is 10.7 Å². The van der Waals surface area contributed by atoms with Crippen LogP contribution in [0.5, 0.6) is 0 Å². The maximum absolute atomic E-state index is 13.9. The van der Waals surface area contributed by atoms with Crippen LogP contribution in [-0.2, 0) is 0 Å². The van der Waals surface area contributed by atoms with Gasteiger partial charge >= 0.3 is 5.69 Å². The van der Waals surface area contributed by atoms with Gasteiger partial charge in [-0.1, -0.05) is 12.1 Å². The minimum Gasteiger partial charge on any atom is -0.318 e. The number of para-hydroxylation sites is 1. The van der Waals surface area contributed by atoms with Crippen LogP contribution in [0.4, 0.5) is 21.6 Å². The van der Waals surface area contributed by atoms with Crippen molar-refractivity contribution < 1.29 is 9.31 Å². The van der Waals surface area contributed by atoms with E-state index in [2.05, 4.69) is 9.97 Å². The highest BCUT2D eigenvalue weighted by Gasteiger charge is 2.24. The van der Waals surface area contributed by atoms with E-state index in [1.54, 1.807) is 13.0 Å². The lowest BCUT2D eigenvalue weighted by atomic mass is 10.2. The molecule has 1 aromatic heterocycles. The third kappa shape index (κ3) is 2.67. The number of nitrogens with zero attached hydrogens (tertiary/aromatic N) is 4. The van der Waals surface area contributed by atoms with E-state index in [1.165, 1.54) is 23.1 Å². The predicted octanol–water partition coefficient (Wildman–Crippen LogP) is 3.34. The Kier molecular flexibility index (Phi) is 4.09. The third-order valence-electron chi connectivity index (χ3n) is 2.63. The lowest BCUT2D eigenvalue weighted by Crippen LogP contribution is -2.20. The lowest BCUT2D eigenvalue weighted by Gasteiger charge is -2.22. The molecule has 0 amide bonds. The molecule has 0 fully saturated rings. The average Bonchev–Trinajstić information content (AvgIpc) is 2.41. The van der Waals surface area contributed by atoms with Crippen LogP contribution in [0.2, 0.25) is 5.28 Å². The number of anilines is 2. The van der Waals surface area contributed by atoms with Gasteiger partial charge in [0.15, 0.2) is 0 Å². The van der Waals surface area contributed by atoms with Crippen molar-refractivity contribution in [2.75, 3.05) is 11.4 Å². The van der Waals surface area contributed by atoms with Crippen LogP contribution in [0.15, 0.2) is 30.5 Å². The normalized spacial score (nSPS) is 10.3. The van der Waals surface area contributed by atoms with E-state index in [-0.39, 0.29) is 29.0 Å². The Hall–Kier alpha value is -2.28. The van der Waals surface area contributed by atoms with E-state index in [0.717, 1.165) is 6.20 Å². The molecule has 1 heterocycles. The van der Waals surface area contributed by atoms with Crippen LogP contribution in [0.25, 0.3) is 0 Å². The van der Waals surface area contributed by atoms with Gasteiger partial charge in [-0.2, -0.15) is 4.98 Å². The second kappa shape index (κ2) is 5.79. The van der Waals surface area contributed by atoms with Gasteiger partial charge in [-0.3, -0.25) is 10.1 Å². The molecular formula is C12H10ClFN4O2. The minimum absolute atomic E-state index is 0.0393. The van der Waals surface area contributed by atoms with E-state index in [9.17, 15) is 14.5 Å². The molecule has 104 valence electrons. The monoisotopic (exact) mass is 296 g/mol. The Balaban J connectivity index is 2.60. The van der Waals surface area contributed by atoms with Gasteiger partial charge in [0.05, 0.1) is 10.6 Å². The van der Waals surface area contributed by atoms with E-state index in [4.69, 9.17) is 11.6 Å². The number of nitro groups is 1. The molecule has 2 rings (SSSR count). The zero-order valence-corrected chi connectivity index (χ0v) is 11.2. The Morgan fingerprint density at radius 3 is 2.75 bits per heavy atom. The number of rotatable bonds is 4. The molecule has 2 aromatic rings. The summed E-state index contributed by atoms with van der Waals surface area (Å²) in [6.45, 7) is 2.02. The van der Waals surface area contributed by atoms with Gasteiger partial charge in [0.2, 0.25) is 11.1 Å². The van der Waals surface area contributed by atoms with Crippen molar-refractivity contribution in [3.8, 4) is 0 Å². The molecule has 0 aliphatic rings. The minimum atomic E-state index is -0.630. The summed E-state index contributed by atoms with van der Waals surface area (Å²) in [6, 6.07) is 5.95. The highest BCUT2D eigenvalue weighted by Crippen LogP contribution is 2.33. The second-order valence-electron chi connectivity index (χ2n) is 3.80. The fourth-order valence-electron chi connectivity index (χ4n) is 1.78. The molecule has 0 saturated carbocycles. The number of benzene rings is 1. The van der Waals surface area contributed by atoms with Crippen molar-refractivity contribution >= 4 is 28.8 Å². The van der Waals surface area contributed by atoms with Crippen molar-refractivity contribution in [3.63, 3.8) is 0 Å². The molecule has 0 aliphatic heterocycles. The fourth-order valence-corrected chi connectivity index (χ4v) is 1.91. The molecule has 0 spiro atoms. The van der Waals surface area contributed by atoms with Crippen LogP contribution in [0.3, 0.4) is 0 Å². The zero-order chi connectivity index (χ0) is 14.7. The average molecular weight is 297 g/mol. The summed E-state index contributed by atoms with van der Waals surface area (Å²) in [6.07, 6.45) is 1.01. The van der Waals surface area contributed by atoms with Crippen molar-refractivity contribution in [1.29, 1.82) is 0 Å². The standard InChI is InChI=1S/C12H10ClFN4O2/c1-2-17(9-6-4-3-5-8(9)14)11-10(18(19)20)7-15-12(13)16-11/h3-7H,2H2,1H3. The van der Waals surface area contributed by atoms with Crippen LogP contribution >= 0.6 is 11.6 Å². The number of aromatic nitrogens is 2. The van der Waals surface area contributed by atoms with Crippen LogP contribution < -0.4 is 4.90 Å². The Morgan fingerprint density at radius 1 is 1.45 bits per heavy atom. The third-order valence-corrected chi connectivity index (χ3v) is 2.81. The van der Waals surface area contributed by atoms with Gasteiger partial charge in [-0.15, -0.1) is 0 Å². The summed E-state index contributed by atoms with van der Waals surface area (Å²) in [7, 11) is 0. The summed E-state index contributed by atoms with van der Waals surface area (Å²) in [5.41, 5.74) is -0.146. The Morgan fingerprint density at radius 2 is 2.15 bits per heavy atom. The van der Waals surface area contributed by atoms with Crippen molar-refractivity contribution in [2.45, 2.75) is 6.92 Å². The first kappa shape index (κ1) is 14.1. The van der Waals surface area contributed by atoms with Crippen molar-refractivity contribution in [1.82, 2.24) is 9.97 Å². The largest absolute Gasteiger partial charge is 0.330 e. The summed E-state index contributed by atoms with van der Waals surface area (Å²) in [4.78, 5) is 19.2. The first-order chi connectivity index (χ1) is 9.54. The smallest absolute Gasteiger partial charge is 0.318 e. The number of hydrogen-bond acceptors (Lipinski definition) is 5. The van der Waals surface area contributed by atoms with Gasteiger partial charge < -0.3 is 4.90 Å². The molecule has 1 aromatic carbocycles. The molecule has 0 unspecified atom stereocenters. The highest BCUT2D eigenvalue weighted by atomic mass is 35.5. The lowest BCUT2D eigenvalue weighted by molar-refractivity contribution is -0.384. The molecule has 0 bridgehead atoms. The zero-order valence-electron chi connectivity index (χ0n) is 10.5. The van der Waals surface area contributed by atoms with E-state index in [0.29, 0.717) is 0 Å².